The Morgan fingerprint density at radius 2 is 1.61 bits per heavy atom. The first kappa shape index (κ1) is 28.2. The molecule has 208 valence electrons. The van der Waals surface area contributed by atoms with E-state index in [1.807, 2.05) is 77.4 Å². The third-order valence-corrected chi connectivity index (χ3v) is 7.92. The molecule has 0 aliphatic rings. The van der Waals surface area contributed by atoms with Crippen LogP contribution in [0.15, 0.2) is 108 Å². The van der Waals surface area contributed by atoms with Crippen molar-refractivity contribution >= 4 is 40.2 Å². The highest BCUT2D eigenvalue weighted by Gasteiger charge is 2.18. The molecule has 0 atom stereocenters. The highest BCUT2D eigenvalue weighted by atomic mass is 32.2. The molecule has 5 rings (SSSR count). The van der Waals surface area contributed by atoms with Crippen molar-refractivity contribution in [2.24, 2.45) is 0 Å². The van der Waals surface area contributed by atoms with Crippen LogP contribution in [0.25, 0.3) is 10.9 Å². The van der Waals surface area contributed by atoms with Gasteiger partial charge in [0, 0.05) is 47.4 Å². The molecule has 7 heteroatoms. The van der Waals surface area contributed by atoms with Crippen molar-refractivity contribution in [3.63, 3.8) is 0 Å². The summed E-state index contributed by atoms with van der Waals surface area (Å²) in [5.41, 5.74) is 6.25. The molecule has 0 aliphatic heterocycles. The fourth-order valence-electron chi connectivity index (χ4n) is 4.77. The number of methoxy groups -OCH3 is 1. The van der Waals surface area contributed by atoms with Gasteiger partial charge in [0.1, 0.15) is 5.69 Å². The zero-order valence-corrected chi connectivity index (χ0v) is 24.0. The van der Waals surface area contributed by atoms with Crippen LogP contribution >= 0.6 is 11.8 Å². The Balaban J connectivity index is 1.40. The highest BCUT2D eigenvalue weighted by Crippen LogP contribution is 2.29. The molecule has 0 saturated heterocycles. The number of aromatic nitrogens is 1. The summed E-state index contributed by atoms with van der Waals surface area (Å²) in [6.45, 7) is 3.47. The van der Waals surface area contributed by atoms with E-state index in [2.05, 4.69) is 47.9 Å². The Bertz CT molecular complexity index is 1660. The molecule has 1 heterocycles. The summed E-state index contributed by atoms with van der Waals surface area (Å²) in [6.07, 6.45) is 0. The van der Waals surface area contributed by atoms with Gasteiger partial charge in [-0.1, -0.05) is 72.3 Å². The van der Waals surface area contributed by atoms with Crippen LogP contribution in [0.2, 0.25) is 0 Å². The minimum absolute atomic E-state index is 0.166. The van der Waals surface area contributed by atoms with Crippen LogP contribution in [0.4, 0.5) is 5.69 Å². The summed E-state index contributed by atoms with van der Waals surface area (Å²) >= 11 is 1.64. The van der Waals surface area contributed by atoms with E-state index >= 15 is 0 Å². The first-order valence-electron chi connectivity index (χ1n) is 13.5. The van der Waals surface area contributed by atoms with Crippen LogP contribution in [-0.4, -0.2) is 36.6 Å². The van der Waals surface area contributed by atoms with Gasteiger partial charge in [0.05, 0.1) is 12.2 Å². The van der Waals surface area contributed by atoms with Crippen molar-refractivity contribution < 1.29 is 14.3 Å². The molecule has 5 aromatic rings. The van der Waals surface area contributed by atoms with E-state index in [0.717, 1.165) is 32.7 Å². The number of rotatable bonds is 11. The summed E-state index contributed by atoms with van der Waals surface area (Å²) in [5, 5.41) is 6.88. The molecule has 2 N–H and O–H groups in total. The molecular weight excluding hydrogens is 530 g/mol. The van der Waals surface area contributed by atoms with E-state index in [-0.39, 0.29) is 11.8 Å². The molecule has 41 heavy (non-hydrogen) atoms. The van der Waals surface area contributed by atoms with E-state index in [1.165, 1.54) is 5.56 Å². The lowest BCUT2D eigenvalue weighted by Crippen LogP contribution is -2.29. The second-order valence-corrected chi connectivity index (χ2v) is 10.9. The average Bonchev–Trinajstić information content (AvgIpc) is 3.34. The lowest BCUT2D eigenvalue weighted by Gasteiger charge is -2.13. The van der Waals surface area contributed by atoms with E-state index in [0.29, 0.717) is 36.6 Å². The number of amides is 2. The zero-order valence-electron chi connectivity index (χ0n) is 23.2. The van der Waals surface area contributed by atoms with Gasteiger partial charge in [-0.2, -0.15) is 0 Å². The Kier molecular flexibility index (Phi) is 9.19. The number of nitrogens with zero attached hydrogens (tertiary/aromatic N) is 1. The molecule has 1 aromatic heterocycles. The fraction of sp³-hybridized carbons (Fsp3) is 0.176. The topological polar surface area (TPSA) is 72.4 Å². The van der Waals surface area contributed by atoms with Gasteiger partial charge in [-0.25, -0.2) is 0 Å². The largest absolute Gasteiger partial charge is 0.383 e. The first-order valence-corrected chi connectivity index (χ1v) is 14.5. The van der Waals surface area contributed by atoms with E-state index in [1.54, 1.807) is 18.9 Å². The van der Waals surface area contributed by atoms with E-state index < -0.39 is 0 Å². The zero-order chi connectivity index (χ0) is 28.6. The minimum atomic E-state index is -0.169. The molecule has 2 amide bonds. The van der Waals surface area contributed by atoms with E-state index in [9.17, 15) is 9.59 Å². The van der Waals surface area contributed by atoms with E-state index in [4.69, 9.17) is 4.74 Å². The Morgan fingerprint density at radius 3 is 2.41 bits per heavy atom. The number of nitrogens with one attached hydrogen (secondary N) is 2. The van der Waals surface area contributed by atoms with Crippen molar-refractivity contribution in [1.82, 2.24) is 9.88 Å². The number of hydrogen-bond donors (Lipinski definition) is 2. The average molecular weight is 564 g/mol. The van der Waals surface area contributed by atoms with Gasteiger partial charge in [0.15, 0.2) is 0 Å². The van der Waals surface area contributed by atoms with Crippen molar-refractivity contribution in [2.45, 2.75) is 24.1 Å². The lowest BCUT2D eigenvalue weighted by atomic mass is 10.1. The van der Waals surface area contributed by atoms with Gasteiger partial charge in [-0.05, 0) is 54.4 Å². The van der Waals surface area contributed by atoms with Crippen LogP contribution in [0.3, 0.4) is 0 Å². The second kappa shape index (κ2) is 13.4. The minimum Gasteiger partial charge on any atom is -0.383 e. The van der Waals surface area contributed by atoms with Gasteiger partial charge in [0.25, 0.3) is 11.8 Å². The van der Waals surface area contributed by atoms with Crippen molar-refractivity contribution in [1.29, 1.82) is 0 Å². The van der Waals surface area contributed by atoms with Gasteiger partial charge >= 0.3 is 0 Å². The third kappa shape index (κ3) is 7.06. The molecule has 0 saturated carbocycles. The van der Waals surface area contributed by atoms with Crippen molar-refractivity contribution in [3.8, 4) is 0 Å². The lowest BCUT2D eigenvalue weighted by molar-refractivity contribution is 0.0928. The summed E-state index contributed by atoms with van der Waals surface area (Å²) in [6, 6.07) is 33.8. The van der Waals surface area contributed by atoms with Gasteiger partial charge in [-0.15, -0.1) is 11.8 Å². The van der Waals surface area contributed by atoms with Crippen LogP contribution in [-0.2, 0) is 17.0 Å². The molecule has 0 fully saturated rings. The maximum absolute atomic E-state index is 13.4. The Hall–Kier alpha value is -4.33. The van der Waals surface area contributed by atoms with Crippen LogP contribution < -0.4 is 10.6 Å². The number of fused-ring (bicyclic) bond motifs is 1. The highest BCUT2D eigenvalue weighted by molar-refractivity contribution is 7.98. The summed E-state index contributed by atoms with van der Waals surface area (Å²) in [5.74, 6) is 0.443. The predicted octanol–water partition coefficient (Wildman–Crippen LogP) is 6.92. The molecule has 0 aliphatic carbocycles. The number of anilines is 1. The maximum Gasteiger partial charge on any atom is 0.268 e. The molecular formula is C34H33N3O3S. The SMILES string of the molecule is COCCNC(=O)c1cc2cc(NC(=O)c3ccccc3SCc3ccccc3)ccc2n1Cc1cccc(C)c1. The first-order chi connectivity index (χ1) is 20.0. The number of thioether (sulfide) groups is 1. The molecule has 0 spiro atoms. The second-order valence-electron chi connectivity index (χ2n) is 9.85. The number of carbonyl (C=O) groups excluding carboxylic acids is 2. The van der Waals surface area contributed by atoms with Crippen LogP contribution in [0, 0.1) is 6.92 Å². The number of aryl methyl sites for hydroxylation is 1. The summed E-state index contributed by atoms with van der Waals surface area (Å²) in [4.78, 5) is 27.5. The predicted molar refractivity (Wildman–Crippen MR) is 167 cm³/mol. The Morgan fingerprint density at radius 1 is 0.829 bits per heavy atom. The number of hydrogen-bond acceptors (Lipinski definition) is 4. The molecule has 0 unspecified atom stereocenters. The third-order valence-electron chi connectivity index (χ3n) is 6.78. The smallest absolute Gasteiger partial charge is 0.268 e. The summed E-state index contributed by atoms with van der Waals surface area (Å²) < 4.78 is 7.12. The quantitative estimate of drug-likeness (QED) is 0.135. The number of carbonyl (C=O) groups is 2. The van der Waals surface area contributed by atoms with Gasteiger partial charge in [0.2, 0.25) is 0 Å². The van der Waals surface area contributed by atoms with Crippen LogP contribution in [0.5, 0.6) is 0 Å². The molecule has 4 aromatic carbocycles. The maximum atomic E-state index is 13.4. The number of ether oxygens (including phenoxy) is 1. The molecule has 0 radical (unpaired) electrons. The monoisotopic (exact) mass is 563 g/mol. The normalized spacial score (nSPS) is 11.0. The van der Waals surface area contributed by atoms with Crippen LogP contribution in [0.1, 0.15) is 37.5 Å². The van der Waals surface area contributed by atoms with Gasteiger partial charge in [-0.3, -0.25) is 9.59 Å². The number of benzene rings is 4. The molecule has 6 nitrogen and oxygen atoms in total. The Labute approximate surface area is 244 Å². The van der Waals surface area contributed by atoms with Gasteiger partial charge < -0.3 is 19.9 Å². The standard InChI is InChI=1S/C34H33N3O3S/c1-24-9-8-12-26(19-24)22-37-30-16-15-28(20-27(30)21-31(37)34(39)35-17-18-40-2)36-33(38)29-13-6-7-14-32(29)41-23-25-10-4-3-5-11-25/h3-16,19-21H,17-18,22-23H2,1-2H3,(H,35,39)(H,36,38). The molecule has 0 bridgehead atoms. The fourth-order valence-corrected chi connectivity index (χ4v) is 5.78. The van der Waals surface area contributed by atoms with Crippen molar-refractivity contribution in [3.05, 3.63) is 131 Å². The van der Waals surface area contributed by atoms with Crippen molar-refractivity contribution in [2.75, 3.05) is 25.6 Å². The summed E-state index contributed by atoms with van der Waals surface area (Å²) in [7, 11) is 1.61.